The number of carbonyl (C=O) groups is 1. The molecule has 1 aliphatic carbocycles. The number of ether oxygens (including phenoxy) is 1. The molecule has 0 aromatic carbocycles. The maximum absolute atomic E-state index is 12.5. The van der Waals surface area contributed by atoms with Gasteiger partial charge in [0.25, 0.3) is 0 Å². The molecule has 2 aliphatic rings. The Bertz CT molecular complexity index is 721. The number of aryl methyl sites for hydroxylation is 1. The Labute approximate surface area is 141 Å². The molecule has 1 unspecified atom stereocenters. The van der Waals surface area contributed by atoms with Crippen LogP contribution in [0.15, 0.2) is 24.4 Å². The second kappa shape index (κ2) is 6.91. The van der Waals surface area contributed by atoms with E-state index in [9.17, 15) is 4.79 Å². The van der Waals surface area contributed by atoms with Crippen LogP contribution in [0.4, 0.5) is 0 Å². The number of amides is 1. The molecule has 1 aliphatic heterocycles. The van der Waals surface area contributed by atoms with E-state index in [2.05, 4.69) is 19.6 Å². The third kappa shape index (κ3) is 3.16. The molecule has 0 radical (unpaired) electrons. The minimum atomic E-state index is 0.0577. The number of nitrogens with one attached hydrogen (secondary N) is 1. The zero-order valence-electron chi connectivity index (χ0n) is 13.9. The smallest absolute Gasteiger partial charge is 0.223 e. The SMILES string of the molecule is O=C(NCCN1CCOCC1)C1CCc2nc3ccccn3c2C1. The third-order valence-electron chi connectivity index (χ3n) is 5.08. The van der Waals surface area contributed by atoms with Crippen LogP contribution in [0, 0.1) is 5.92 Å². The molecule has 1 atom stereocenters. The second-order valence-electron chi connectivity index (χ2n) is 6.62. The Morgan fingerprint density at radius 3 is 3.08 bits per heavy atom. The summed E-state index contributed by atoms with van der Waals surface area (Å²) in [7, 11) is 0. The van der Waals surface area contributed by atoms with Gasteiger partial charge < -0.3 is 14.5 Å². The minimum absolute atomic E-state index is 0.0577. The van der Waals surface area contributed by atoms with Crippen LogP contribution in [-0.4, -0.2) is 59.6 Å². The average Bonchev–Trinajstić information content (AvgIpc) is 3.00. The zero-order chi connectivity index (χ0) is 16.4. The number of hydrogen-bond donors (Lipinski definition) is 1. The van der Waals surface area contributed by atoms with Crippen molar-refractivity contribution in [2.45, 2.75) is 19.3 Å². The van der Waals surface area contributed by atoms with Crippen molar-refractivity contribution in [1.29, 1.82) is 0 Å². The van der Waals surface area contributed by atoms with Gasteiger partial charge in [-0.3, -0.25) is 9.69 Å². The zero-order valence-corrected chi connectivity index (χ0v) is 13.9. The van der Waals surface area contributed by atoms with Crippen molar-refractivity contribution in [3.05, 3.63) is 35.8 Å². The summed E-state index contributed by atoms with van der Waals surface area (Å²) in [5.41, 5.74) is 3.33. The van der Waals surface area contributed by atoms with Gasteiger partial charge in [-0.05, 0) is 25.0 Å². The number of hydrogen-bond acceptors (Lipinski definition) is 4. The predicted octanol–water partition coefficient (Wildman–Crippen LogP) is 0.888. The second-order valence-corrected chi connectivity index (χ2v) is 6.62. The van der Waals surface area contributed by atoms with E-state index in [4.69, 9.17) is 4.74 Å². The predicted molar refractivity (Wildman–Crippen MR) is 91.0 cm³/mol. The van der Waals surface area contributed by atoms with Crippen molar-refractivity contribution in [1.82, 2.24) is 19.6 Å². The molecule has 0 saturated carbocycles. The van der Waals surface area contributed by atoms with Crippen molar-refractivity contribution in [3.8, 4) is 0 Å². The van der Waals surface area contributed by atoms with E-state index in [1.807, 2.05) is 24.4 Å². The molecule has 128 valence electrons. The van der Waals surface area contributed by atoms with E-state index in [0.29, 0.717) is 0 Å². The summed E-state index contributed by atoms with van der Waals surface area (Å²) < 4.78 is 7.47. The molecule has 2 aromatic heterocycles. The van der Waals surface area contributed by atoms with Crippen molar-refractivity contribution in [2.75, 3.05) is 39.4 Å². The largest absolute Gasteiger partial charge is 0.379 e. The van der Waals surface area contributed by atoms with Gasteiger partial charge in [-0.15, -0.1) is 0 Å². The molecule has 1 N–H and O–H groups in total. The van der Waals surface area contributed by atoms with E-state index in [1.165, 1.54) is 5.69 Å². The topological polar surface area (TPSA) is 58.9 Å². The first-order chi connectivity index (χ1) is 11.8. The maximum Gasteiger partial charge on any atom is 0.223 e. The van der Waals surface area contributed by atoms with Crippen molar-refractivity contribution < 1.29 is 9.53 Å². The summed E-state index contributed by atoms with van der Waals surface area (Å²) >= 11 is 0. The van der Waals surface area contributed by atoms with Gasteiger partial charge in [0, 0.05) is 50.4 Å². The van der Waals surface area contributed by atoms with E-state index >= 15 is 0 Å². The number of pyridine rings is 1. The van der Waals surface area contributed by atoms with Gasteiger partial charge in [-0.2, -0.15) is 0 Å². The Morgan fingerprint density at radius 1 is 1.33 bits per heavy atom. The van der Waals surface area contributed by atoms with Gasteiger partial charge in [0.05, 0.1) is 18.9 Å². The first-order valence-electron chi connectivity index (χ1n) is 8.84. The van der Waals surface area contributed by atoms with Gasteiger partial charge >= 0.3 is 0 Å². The Balaban J connectivity index is 1.34. The van der Waals surface area contributed by atoms with Crippen molar-refractivity contribution in [2.24, 2.45) is 5.92 Å². The summed E-state index contributed by atoms with van der Waals surface area (Å²) in [6, 6.07) is 6.04. The lowest BCUT2D eigenvalue weighted by Gasteiger charge is -2.27. The van der Waals surface area contributed by atoms with E-state index in [1.54, 1.807) is 0 Å². The Kier molecular flexibility index (Phi) is 4.49. The number of fused-ring (bicyclic) bond motifs is 3. The maximum atomic E-state index is 12.5. The molecular weight excluding hydrogens is 304 g/mol. The summed E-state index contributed by atoms with van der Waals surface area (Å²) in [4.78, 5) is 19.5. The average molecular weight is 328 g/mol. The van der Waals surface area contributed by atoms with Gasteiger partial charge in [-0.1, -0.05) is 6.07 Å². The minimum Gasteiger partial charge on any atom is -0.379 e. The van der Waals surface area contributed by atoms with Gasteiger partial charge in [0.2, 0.25) is 5.91 Å². The highest BCUT2D eigenvalue weighted by Crippen LogP contribution is 2.26. The number of nitrogens with zero attached hydrogens (tertiary/aromatic N) is 3. The fourth-order valence-corrected chi connectivity index (χ4v) is 3.69. The monoisotopic (exact) mass is 328 g/mol. The Hall–Kier alpha value is -1.92. The molecule has 2 aromatic rings. The number of carbonyl (C=O) groups excluding carboxylic acids is 1. The molecule has 0 bridgehead atoms. The quantitative estimate of drug-likeness (QED) is 0.905. The molecule has 24 heavy (non-hydrogen) atoms. The molecule has 3 heterocycles. The van der Waals surface area contributed by atoms with E-state index < -0.39 is 0 Å². The van der Waals surface area contributed by atoms with Gasteiger partial charge in [0.15, 0.2) is 0 Å². The molecule has 6 nitrogen and oxygen atoms in total. The number of aromatic nitrogens is 2. The number of imidazole rings is 1. The summed E-state index contributed by atoms with van der Waals surface area (Å²) in [6.07, 6.45) is 4.60. The highest BCUT2D eigenvalue weighted by Gasteiger charge is 2.27. The molecule has 1 saturated heterocycles. The number of rotatable bonds is 4. The highest BCUT2D eigenvalue weighted by atomic mass is 16.5. The van der Waals surface area contributed by atoms with Crippen LogP contribution in [0.2, 0.25) is 0 Å². The normalized spacial score (nSPS) is 21.6. The number of morpholine rings is 1. The van der Waals surface area contributed by atoms with Crippen LogP contribution in [0.25, 0.3) is 5.65 Å². The molecule has 6 heteroatoms. The van der Waals surface area contributed by atoms with Crippen LogP contribution in [-0.2, 0) is 22.4 Å². The fraction of sp³-hybridized carbons (Fsp3) is 0.556. The third-order valence-corrected chi connectivity index (χ3v) is 5.08. The summed E-state index contributed by atoms with van der Waals surface area (Å²) in [5.74, 6) is 0.238. The van der Waals surface area contributed by atoms with Crippen molar-refractivity contribution >= 4 is 11.6 Å². The lowest BCUT2D eigenvalue weighted by Crippen LogP contribution is -2.43. The standard InChI is InChI=1S/C18H24N4O2/c23-18(19-6-8-21-9-11-24-12-10-21)14-4-5-15-16(13-14)22-7-2-1-3-17(22)20-15/h1-3,7,14H,4-6,8-13H2,(H,19,23). The van der Waals surface area contributed by atoms with Crippen LogP contribution in [0.1, 0.15) is 17.8 Å². The molecule has 0 spiro atoms. The summed E-state index contributed by atoms with van der Waals surface area (Å²) in [6.45, 7) is 5.15. The van der Waals surface area contributed by atoms with Crippen LogP contribution in [0.5, 0.6) is 0 Å². The van der Waals surface area contributed by atoms with E-state index in [-0.39, 0.29) is 11.8 Å². The highest BCUT2D eigenvalue weighted by molar-refractivity contribution is 5.79. The fourth-order valence-electron chi connectivity index (χ4n) is 3.69. The van der Waals surface area contributed by atoms with Crippen LogP contribution < -0.4 is 5.32 Å². The van der Waals surface area contributed by atoms with Crippen molar-refractivity contribution in [3.63, 3.8) is 0 Å². The molecule has 4 rings (SSSR count). The molecule has 1 amide bonds. The van der Waals surface area contributed by atoms with Crippen LogP contribution in [0.3, 0.4) is 0 Å². The Morgan fingerprint density at radius 2 is 2.21 bits per heavy atom. The summed E-state index contributed by atoms with van der Waals surface area (Å²) in [5, 5.41) is 3.12. The lowest BCUT2D eigenvalue weighted by molar-refractivity contribution is -0.125. The van der Waals surface area contributed by atoms with E-state index in [0.717, 1.165) is 70.0 Å². The first-order valence-corrected chi connectivity index (χ1v) is 8.84. The molecule has 1 fully saturated rings. The lowest BCUT2D eigenvalue weighted by atomic mass is 9.89. The van der Waals surface area contributed by atoms with Gasteiger partial charge in [0.1, 0.15) is 5.65 Å². The molecular formula is C18H24N4O2. The van der Waals surface area contributed by atoms with Crippen LogP contribution >= 0.6 is 0 Å². The first kappa shape index (κ1) is 15.6. The van der Waals surface area contributed by atoms with Gasteiger partial charge in [-0.25, -0.2) is 4.98 Å².